The van der Waals surface area contributed by atoms with Crippen LogP contribution >= 0.6 is 22.6 Å². The van der Waals surface area contributed by atoms with Gasteiger partial charge >= 0.3 is 0 Å². The normalized spacial score (nSPS) is 11.0. The number of halogens is 1. The molecule has 25 heavy (non-hydrogen) atoms. The molecule has 0 spiro atoms. The third-order valence-electron chi connectivity index (χ3n) is 3.81. The molecule has 0 fully saturated rings. The third-order valence-corrected chi connectivity index (χ3v) is 4.48. The van der Waals surface area contributed by atoms with Gasteiger partial charge in [0.1, 0.15) is 5.82 Å². The first-order valence-corrected chi connectivity index (χ1v) is 8.83. The highest BCUT2D eigenvalue weighted by Crippen LogP contribution is 2.17. The van der Waals surface area contributed by atoms with Crippen molar-refractivity contribution in [3.63, 3.8) is 0 Å². The van der Waals surface area contributed by atoms with E-state index in [1.807, 2.05) is 56.3 Å². The lowest BCUT2D eigenvalue weighted by Crippen LogP contribution is -2.17. The molecule has 2 aromatic heterocycles. The van der Waals surface area contributed by atoms with E-state index in [1.165, 1.54) is 0 Å². The van der Waals surface area contributed by atoms with Crippen LogP contribution in [0.5, 0.6) is 0 Å². The molecular formula is C19H17IN4O. The summed E-state index contributed by atoms with van der Waals surface area (Å²) in [5, 5.41) is 4.10. The number of nitrogens with one attached hydrogen (secondary N) is 1. The maximum atomic E-state index is 12.1. The summed E-state index contributed by atoms with van der Waals surface area (Å²) in [7, 11) is 0. The first-order valence-electron chi connectivity index (χ1n) is 7.75. The lowest BCUT2D eigenvalue weighted by Gasteiger charge is -2.07. The number of nitrogens with zero attached hydrogens (tertiary/aromatic N) is 3. The monoisotopic (exact) mass is 444 g/mol. The van der Waals surface area contributed by atoms with Gasteiger partial charge in [0.2, 0.25) is 0 Å². The Balaban J connectivity index is 1.77. The van der Waals surface area contributed by atoms with Gasteiger partial charge in [-0.25, -0.2) is 10.4 Å². The smallest absolute Gasteiger partial charge is 0.271 e. The van der Waals surface area contributed by atoms with E-state index in [1.54, 1.807) is 18.5 Å². The van der Waals surface area contributed by atoms with Crippen molar-refractivity contribution >= 4 is 34.7 Å². The van der Waals surface area contributed by atoms with E-state index >= 15 is 0 Å². The molecule has 126 valence electrons. The number of amides is 1. The summed E-state index contributed by atoms with van der Waals surface area (Å²) < 4.78 is 3.07. The van der Waals surface area contributed by atoms with E-state index in [2.05, 4.69) is 42.7 Å². The fraction of sp³-hybridized carbons (Fsp3) is 0.105. The molecule has 3 aromatic rings. The number of hydrogen-bond donors (Lipinski definition) is 1. The zero-order valence-electron chi connectivity index (χ0n) is 13.9. The minimum absolute atomic E-state index is 0.228. The number of hydrogen-bond acceptors (Lipinski definition) is 3. The van der Waals surface area contributed by atoms with Crippen LogP contribution in [0.1, 0.15) is 27.3 Å². The Morgan fingerprint density at radius 1 is 1.20 bits per heavy atom. The molecule has 1 N–H and O–H groups in total. The number of benzene rings is 1. The van der Waals surface area contributed by atoms with Gasteiger partial charge in [-0.05, 0) is 72.8 Å². The molecule has 0 bridgehead atoms. The molecule has 0 unspecified atom stereocenters. The van der Waals surface area contributed by atoms with Crippen LogP contribution in [-0.4, -0.2) is 21.7 Å². The molecule has 0 aliphatic heterocycles. The Morgan fingerprint density at radius 2 is 2.04 bits per heavy atom. The SMILES string of the molecule is Cc1cc(/C=N\NC(=O)c2cccc(I)c2)c(C)n1-c1ccccn1. The standard InChI is InChI=1S/C19H17IN4O/c1-13-10-16(14(2)24(13)18-8-3-4-9-21-18)12-22-23-19(25)15-6-5-7-17(20)11-15/h3-12H,1-2H3,(H,23,25)/b22-12-. The van der Waals surface area contributed by atoms with Crippen LogP contribution in [-0.2, 0) is 0 Å². The third kappa shape index (κ3) is 3.96. The molecule has 1 amide bonds. The van der Waals surface area contributed by atoms with E-state index < -0.39 is 0 Å². The van der Waals surface area contributed by atoms with Gasteiger partial charge in [-0.1, -0.05) is 12.1 Å². The zero-order chi connectivity index (χ0) is 17.8. The molecule has 0 aliphatic rings. The second kappa shape index (κ2) is 7.60. The largest absolute Gasteiger partial charge is 0.303 e. The second-order valence-electron chi connectivity index (χ2n) is 5.56. The van der Waals surface area contributed by atoms with Gasteiger partial charge in [0.25, 0.3) is 5.91 Å². The van der Waals surface area contributed by atoms with Crippen LogP contribution < -0.4 is 5.43 Å². The number of aromatic nitrogens is 2. The summed E-state index contributed by atoms with van der Waals surface area (Å²) in [5.41, 5.74) is 6.17. The van der Waals surface area contributed by atoms with Gasteiger partial charge in [-0.15, -0.1) is 0 Å². The highest BCUT2D eigenvalue weighted by molar-refractivity contribution is 14.1. The minimum Gasteiger partial charge on any atom is -0.303 e. The molecule has 3 rings (SSSR count). The zero-order valence-corrected chi connectivity index (χ0v) is 16.1. The Hall–Kier alpha value is -2.48. The van der Waals surface area contributed by atoms with Gasteiger partial charge in [0, 0.05) is 32.3 Å². The first-order chi connectivity index (χ1) is 12.1. The molecule has 0 saturated carbocycles. The van der Waals surface area contributed by atoms with E-state index in [-0.39, 0.29) is 5.91 Å². The van der Waals surface area contributed by atoms with Gasteiger partial charge in [-0.2, -0.15) is 5.10 Å². The molecule has 0 radical (unpaired) electrons. The van der Waals surface area contributed by atoms with Crippen LogP contribution in [0.3, 0.4) is 0 Å². The van der Waals surface area contributed by atoms with Crippen molar-refractivity contribution in [1.29, 1.82) is 0 Å². The fourth-order valence-corrected chi connectivity index (χ4v) is 3.15. The average Bonchev–Trinajstić information content (AvgIpc) is 2.89. The maximum absolute atomic E-state index is 12.1. The Kier molecular flexibility index (Phi) is 5.28. The van der Waals surface area contributed by atoms with Crippen LogP contribution in [0.15, 0.2) is 59.8 Å². The molecule has 2 heterocycles. The van der Waals surface area contributed by atoms with Crippen molar-refractivity contribution in [2.75, 3.05) is 0 Å². The minimum atomic E-state index is -0.228. The number of hydrazone groups is 1. The van der Waals surface area contributed by atoms with Gasteiger partial charge in [0.05, 0.1) is 6.21 Å². The summed E-state index contributed by atoms with van der Waals surface area (Å²) in [4.78, 5) is 16.5. The average molecular weight is 444 g/mol. The summed E-state index contributed by atoms with van der Waals surface area (Å²) in [5.74, 6) is 0.633. The predicted octanol–water partition coefficient (Wildman–Crippen LogP) is 3.86. The van der Waals surface area contributed by atoms with Crippen molar-refractivity contribution in [2.45, 2.75) is 13.8 Å². The number of rotatable bonds is 4. The Morgan fingerprint density at radius 3 is 2.76 bits per heavy atom. The second-order valence-corrected chi connectivity index (χ2v) is 6.80. The van der Waals surface area contributed by atoms with E-state index in [4.69, 9.17) is 0 Å². The van der Waals surface area contributed by atoms with Crippen molar-refractivity contribution < 1.29 is 4.79 Å². The van der Waals surface area contributed by atoms with E-state index in [9.17, 15) is 4.79 Å². The summed E-state index contributed by atoms with van der Waals surface area (Å²) in [6.07, 6.45) is 3.43. The van der Waals surface area contributed by atoms with Crippen molar-refractivity contribution in [1.82, 2.24) is 15.0 Å². The van der Waals surface area contributed by atoms with Crippen LogP contribution in [0.25, 0.3) is 5.82 Å². The molecule has 0 aliphatic carbocycles. The van der Waals surface area contributed by atoms with Crippen LogP contribution in [0.4, 0.5) is 0 Å². The van der Waals surface area contributed by atoms with Crippen molar-refractivity contribution in [2.24, 2.45) is 5.10 Å². The molecule has 6 heteroatoms. The predicted molar refractivity (Wildman–Crippen MR) is 107 cm³/mol. The molecule has 1 aromatic carbocycles. The number of carbonyl (C=O) groups excluding carboxylic acids is 1. The van der Waals surface area contributed by atoms with Crippen LogP contribution in [0.2, 0.25) is 0 Å². The van der Waals surface area contributed by atoms with Gasteiger partial charge < -0.3 is 4.57 Å². The number of pyridine rings is 1. The fourth-order valence-electron chi connectivity index (χ4n) is 2.61. The summed E-state index contributed by atoms with van der Waals surface area (Å²) >= 11 is 2.17. The number of aryl methyl sites for hydroxylation is 1. The topological polar surface area (TPSA) is 59.3 Å². The maximum Gasteiger partial charge on any atom is 0.271 e. The van der Waals surface area contributed by atoms with Gasteiger partial charge in [-0.3, -0.25) is 4.79 Å². The summed E-state index contributed by atoms with van der Waals surface area (Å²) in [6, 6.07) is 15.2. The van der Waals surface area contributed by atoms with Crippen LogP contribution in [0, 0.1) is 17.4 Å². The highest BCUT2D eigenvalue weighted by atomic mass is 127. The first kappa shape index (κ1) is 17.3. The number of carbonyl (C=O) groups is 1. The molecule has 0 atom stereocenters. The summed E-state index contributed by atoms with van der Waals surface area (Å²) in [6.45, 7) is 4.02. The van der Waals surface area contributed by atoms with E-state index in [0.29, 0.717) is 5.56 Å². The Labute approximate surface area is 159 Å². The quantitative estimate of drug-likeness (QED) is 0.378. The lowest BCUT2D eigenvalue weighted by atomic mass is 10.2. The highest BCUT2D eigenvalue weighted by Gasteiger charge is 2.10. The van der Waals surface area contributed by atoms with Crippen molar-refractivity contribution in [3.05, 3.63) is 80.8 Å². The molecule has 0 saturated heterocycles. The lowest BCUT2D eigenvalue weighted by molar-refractivity contribution is 0.0955. The molecular weight excluding hydrogens is 427 g/mol. The van der Waals surface area contributed by atoms with Gasteiger partial charge in [0.15, 0.2) is 0 Å². The van der Waals surface area contributed by atoms with E-state index in [0.717, 1.165) is 26.3 Å². The molecule has 5 nitrogen and oxygen atoms in total. The Bertz CT molecular complexity index is 932. The van der Waals surface area contributed by atoms with Crippen molar-refractivity contribution in [3.8, 4) is 5.82 Å².